The van der Waals surface area contributed by atoms with Crippen LogP contribution in [0.3, 0.4) is 0 Å². The summed E-state index contributed by atoms with van der Waals surface area (Å²) in [6, 6.07) is 13.3. The van der Waals surface area contributed by atoms with Gasteiger partial charge in [0.2, 0.25) is 0 Å². The summed E-state index contributed by atoms with van der Waals surface area (Å²) in [5.41, 5.74) is 2.49. The molecule has 0 N–H and O–H groups in total. The third-order valence-electron chi connectivity index (χ3n) is 4.94. The number of ether oxygens (including phenoxy) is 1. The second-order valence-corrected chi connectivity index (χ2v) is 9.30. The number of benzene rings is 2. The topological polar surface area (TPSA) is 59.7 Å². The van der Waals surface area contributed by atoms with Crippen LogP contribution < -0.4 is 4.74 Å². The summed E-state index contributed by atoms with van der Waals surface area (Å²) >= 11 is 14.0. The lowest BCUT2D eigenvalue weighted by molar-refractivity contribution is 0.0991. The summed E-state index contributed by atoms with van der Waals surface area (Å²) in [5, 5.41) is 1.69. The Morgan fingerprint density at radius 2 is 1.94 bits per heavy atom. The standard InChI is InChI=1S/C24H26Cl2N4O2S/c1-5-21(17-8-11-19(25)20(26)12-17)30-22(23(31)28-15-29(2)3)13-27-24(30)33-14-16-6-9-18(32-4)10-7-16/h6-13,15,21H,5,14H2,1-4H3/b28-15+. The first-order valence-electron chi connectivity index (χ1n) is 10.4. The highest BCUT2D eigenvalue weighted by molar-refractivity contribution is 7.98. The van der Waals surface area contributed by atoms with Gasteiger partial charge in [-0.15, -0.1) is 0 Å². The molecule has 0 aliphatic rings. The number of carbonyl (C=O) groups excluding carboxylic acids is 1. The van der Waals surface area contributed by atoms with E-state index in [1.54, 1.807) is 36.0 Å². The lowest BCUT2D eigenvalue weighted by atomic mass is 10.0. The summed E-state index contributed by atoms with van der Waals surface area (Å²) < 4.78 is 7.18. The van der Waals surface area contributed by atoms with E-state index in [0.29, 0.717) is 21.5 Å². The Bertz CT molecular complexity index is 1130. The van der Waals surface area contributed by atoms with Crippen LogP contribution in [0.1, 0.15) is 41.0 Å². The van der Waals surface area contributed by atoms with Crippen molar-refractivity contribution in [1.29, 1.82) is 0 Å². The first-order valence-corrected chi connectivity index (χ1v) is 12.1. The molecular weight excluding hydrogens is 479 g/mol. The maximum Gasteiger partial charge on any atom is 0.296 e. The first kappa shape index (κ1) is 25.1. The molecule has 3 rings (SSSR count). The van der Waals surface area contributed by atoms with Crippen molar-refractivity contribution in [3.05, 3.63) is 75.5 Å². The largest absolute Gasteiger partial charge is 0.497 e. The molecule has 1 heterocycles. The summed E-state index contributed by atoms with van der Waals surface area (Å²) in [6.45, 7) is 2.06. The van der Waals surface area contributed by atoms with Crippen LogP contribution in [0.5, 0.6) is 5.75 Å². The second-order valence-electron chi connectivity index (χ2n) is 7.54. The van der Waals surface area contributed by atoms with Crippen LogP contribution in [0.25, 0.3) is 0 Å². The lowest BCUT2D eigenvalue weighted by Crippen LogP contribution is -2.17. The van der Waals surface area contributed by atoms with Crippen LogP contribution in [0.4, 0.5) is 0 Å². The normalized spacial score (nSPS) is 12.2. The van der Waals surface area contributed by atoms with Crippen LogP contribution in [0.2, 0.25) is 10.0 Å². The van der Waals surface area contributed by atoms with Gasteiger partial charge in [-0.05, 0) is 41.8 Å². The number of hydrogen-bond donors (Lipinski definition) is 0. The van der Waals surface area contributed by atoms with E-state index in [0.717, 1.165) is 28.5 Å². The molecule has 1 aromatic heterocycles. The van der Waals surface area contributed by atoms with E-state index in [-0.39, 0.29) is 11.9 Å². The molecule has 6 nitrogen and oxygen atoms in total. The number of thioether (sulfide) groups is 1. The first-order chi connectivity index (χ1) is 15.8. The van der Waals surface area contributed by atoms with Gasteiger partial charge in [-0.2, -0.15) is 4.99 Å². The number of aliphatic imine (C=N–C) groups is 1. The fraction of sp³-hybridized carbons (Fsp3) is 0.292. The molecule has 1 unspecified atom stereocenters. The van der Waals surface area contributed by atoms with E-state index in [1.165, 1.54) is 6.34 Å². The fourth-order valence-corrected chi connectivity index (χ4v) is 4.59. The van der Waals surface area contributed by atoms with Crippen LogP contribution in [-0.2, 0) is 5.75 Å². The third kappa shape index (κ3) is 6.31. The van der Waals surface area contributed by atoms with Crippen LogP contribution >= 0.6 is 35.0 Å². The Balaban J connectivity index is 1.99. The number of rotatable bonds is 9. The number of amides is 1. The molecule has 0 saturated heterocycles. The summed E-state index contributed by atoms with van der Waals surface area (Å²) in [6.07, 6.45) is 3.80. The zero-order chi connectivity index (χ0) is 24.0. The highest BCUT2D eigenvalue weighted by Crippen LogP contribution is 2.34. The van der Waals surface area contributed by atoms with Crippen molar-refractivity contribution in [2.24, 2.45) is 4.99 Å². The smallest absolute Gasteiger partial charge is 0.296 e. The zero-order valence-electron chi connectivity index (χ0n) is 19.0. The van der Waals surface area contributed by atoms with E-state index in [4.69, 9.17) is 27.9 Å². The zero-order valence-corrected chi connectivity index (χ0v) is 21.3. The minimum Gasteiger partial charge on any atom is -0.497 e. The molecule has 1 amide bonds. The third-order valence-corrected chi connectivity index (χ3v) is 6.72. The van der Waals surface area contributed by atoms with E-state index in [2.05, 4.69) is 16.9 Å². The van der Waals surface area contributed by atoms with E-state index >= 15 is 0 Å². The van der Waals surface area contributed by atoms with Gasteiger partial charge in [-0.1, -0.05) is 60.1 Å². The molecule has 0 saturated carbocycles. The van der Waals surface area contributed by atoms with E-state index in [9.17, 15) is 4.79 Å². The molecule has 33 heavy (non-hydrogen) atoms. The van der Waals surface area contributed by atoms with Crippen molar-refractivity contribution < 1.29 is 9.53 Å². The summed E-state index contributed by atoms with van der Waals surface area (Å²) in [5.74, 6) is 1.14. The van der Waals surface area contributed by atoms with Gasteiger partial charge < -0.3 is 14.2 Å². The van der Waals surface area contributed by atoms with Crippen molar-refractivity contribution in [3.8, 4) is 5.75 Å². The highest BCUT2D eigenvalue weighted by atomic mass is 35.5. The Morgan fingerprint density at radius 3 is 2.55 bits per heavy atom. The number of nitrogens with zero attached hydrogens (tertiary/aromatic N) is 4. The predicted molar refractivity (Wildman–Crippen MR) is 136 cm³/mol. The number of carbonyl (C=O) groups is 1. The Morgan fingerprint density at radius 1 is 1.21 bits per heavy atom. The monoisotopic (exact) mass is 504 g/mol. The molecule has 174 valence electrons. The van der Waals surface area contributed by atoms with Crippen molar-refractivity contribution in [1.82, 2.24) is 14.5 Å². The van der Waals surface area contributed by atoms with Gasteiger partial charge in [0.25, 0.3) is 5.91 Å². The van der Waals surface area contributed by atoms with Crippen molar-refractivity contribution >= 4 is 47.2 Å². The molecule has 0 bridgehead atoms. The van der Waals surface area contributed by atoms with Gasteiger partial charge in [0.15, 0.2) is 5.16 Å². The molecule has 9 heteroatoms. The van der Waals surface area contributed by atoms with Crippen molar-refractivity contribution in [3.63, 3.8) is 0 Å². The van der Waals surface area contributed by atoms with Crippen LogP contribution in [-0.4, -0.2) is 47.9 Å². The molecule has 0 radical (unpaired) electrons. The number of aromatic nitrogens is 2. The number of imidazole rings is 1. The predicted octanol–water partition coefficient (Wildman–Crippen LogP) is 6.22. The lowest BCUT2D eigenvalue weighted by Gasteiger charge is -2.22. The van der Waals surface area contributed by atoms with Crippen molar-refractivity contribution in [2.45, 2.75) is 30.3 Å². The average Bonchev–Trinajstić information content (AvgIpc) is 3.23. The van der Waals surface area contributed by atoms with Gasteiger partial charge in [0.05, 0.1) is 35.7 Å². The van der Waals surface area contributed by atoms with Gasteiger partial charge in [-0.3, -0.25) is 4.79 Å². The minimum atomic E-state index is -0.356. The van der Waals surface area contributed by atoms with Gasteiger partial charge >= 0.3 is 0 Å². The summed E-state index contributed by atoms with van der Waals surface area (Å²) in [7, 11) is 5.27. The molecule has 0 fully saturated rings. The molecule has 1 atom stereocenters. The quantitative estimate of drug-likeness (QED) is 0.196. The molecule has 2 aromatic carbocycles. The van der Waals surface area contributed by atoms with E-state index in [1.807, 2.05) is 55.1 Å². The average molecular weight is 505 g/mol. The van der Waals surface area contributed by atoms with Gasteiger partial charge in [-0.25, -0.2) is 4.98 Å². The van der Waals surface area contributed by atoms with E-state index < -0.39 is 0 Å². The molecule has 0 spiro atoms. The molecule has 0 aliphatic carbocycles. The highest BCUT2D eigenvalue weighted by Gasteiger charge is 2.24. The SMILES string of the molecule is CCC(c1ccc(Cl)c(Cl)c1)n1c(C(=O)/N=C/N(C)C)cnc1SCc1ccc(OC)cc1. The molecule has 3 aromatic rings. The molecular formula is C24H26Cl2N4O2S. The maximum absolute atomic E-state index is 12.9. The number of halogens is 2. The number of methoxy groups -OCH3 is 1. The minimum absolute atomic E-state index is 0.158. The summed E-state index contributed by atoms with van der Waals surface area (Å²) in [4.78, 5) is 23.3. The van der Waals surface area contributed by atoms with Gasteiger partial charge in [0, 0.05) is 19.8 Å². The Hall–Kier alpha value is -2.48. The number of hydrogen-bond acceptors (Lipinski definition) is 4. The second kappa shape index (κ2) is 11.6. The van der Waals surface area contributed by atoms with Crippen LogP contribution in [0.15, 0.2) is 58.8 Å². The maximum atomic E-state index is 12.9. The Kier molecular flexibility index (Phi) is 8.83. The molecule has 0 aliphatic heterocycles. The Labute approximate surface area is 208 Å². The van der Waals surface area contributed by atoms with Crippen molar-refractivity contribution in [2.75, 3.05) is 21.2 Å². The van der Waals surface area contributed by atoms with Gasteiger partial charge in [0.1, 0.15) is 11.4 Å². The fourth-order valence-electron chi connectivity index (χ4n) is 3.30. The van der Waals surface area contributed by atoms with Crippen LogP contribution in [0, 0.1) is 0 Å².